The number of halogens is 1. The predicted octanol–water partition coefficient (Wildman–Crippen LogP) is 5.67. The van der Waals surface area contributed by atoms with Crippen LogP contribution in [0.4, 0.5) is 11.4 Å². The second-order valence-corrected chi connectivity index (χ2v) is 8.14. The van der Waals surface area contributed by atoms with Gasteiger partial charge in [-0.1, -0.05) is 41.9 Å². The van der Waals surface area contributed by atoms with Crippen molar-refractivity contribution in [2.45, 2.75) is 20.8 Å². The van der Waals surface area contributed by atoms with Gasteiger partial charge >= 0.3 is 0 Å². The predicted molar refractivity (Wildman–Crippen MR) is 128 cm³/mol. The van der Waals surface area contributed by atoms with Crippen LogP contribution in [0.3, 0.4) is 0 Å². The van der Waals surface area contributed by atoms with Crippen LogP contribution in [0.1, 0.15) is 22.3 Å². The highest BCUT2D eigenvalue weighted by molar-refractivity contribution is 6.46. The van der Waals surface area contributed by atoms with Crippen LogP contribution in [-0.2, 0) is 9.59 Å². The van der Waals surface area contributed by atoms with Gasteiger partial charge in [-0.3, -0.25) is 9.59 Å². The SMILES string of the molecule is COc1cccc(N2C(=O)C(Nc3cccc(Cl)c3C)=C(c3ccc(C)c(C)c3)C2=O)c1. The largest absolute Gasteiger partial charge is 0.497 e. The zero-order valence-corrected chi connectivity index (χ0v) is 19.1. The molecule has 162 valence electrons. The smallest absolute Gasteiger partial charge is 0.282 e. The maximum Gasteiger partial charge on any atom is 0.282 e. The minimum absolute atomic E-state index is 0.214. The van der Waals surface area contributed by atoms with E-state index in [0.29, 0.717) is 33.3 Å². The van der Waals surface area contributed by atoms with E-state index in [2.05, 4.69) is 5.32 Å². The van der Waals surface area contributed by atoms with Crippen molar-refractivity contribution < 1.29 is 14.3 Å². The van der Waals surface area contributed by atoms with Crippen molar-refractivity contribution in [1.29, 1.82) is 0 Å². The molecule has 4 rings (SSSR count). The summed E-state index contributed by atoms with van der Waals surface area (Å²) < 4.78 is 5.28. The molecule has 0 saturated heterocycles. The Morgan fingerprint density at radius 1 is 0.875 bits per heavy atom. The lowest BCUT2D eigenvalue weighted by atomic mass is 9.99. The minimum atomic E-state index is -0.434. The number of rotatable bonds is 5. The number of nitrogens with one attached hydrogen (secondary N) is 1. The average molecular weight is 447 g/mol. The first-order chi connectivity index (χ1) is 15.3. The third-order valence-electron chi connectivity index (χ3n) is 5.72. The monoisotopic (exact) mass is 446 g/mol. The van der Waals surface area contributed by atoms with Gasteiger partial charge in [0.05, 0.1) is 18.4 Å². The summed E-state index contributed by atoms with van der Waals surface area (Å²) in [6.45, 7) is 5.85. The molecule has 2 amide bonds. The fourth-order valence-electron chi connectivity index (χ4n) is 3.67. The zero-order valence-electron chi connectivity index (χ0n) is 18.3. The molecule has 0 aromatic heterocycles. The Hall–Kier alpha value is -3.57. The van der Waals surface area contributed by atoms with Gasteiger partial charge in [-0.2, -0.15) is 0 Å². The van der Waals surface area contributed by atoms with E-state index in [1.54, 1.807) is 43.5 Å². The lowest BCUT2D eigenvalue weighted by Gasteiger charge is -2.16. The summed E-state index contributed by atoms with van der Waals surface area (Å²) in [6.07, 6.45) is 0. The third kappa shape index (κ3) is 3.76. The normalized spacial score (nSPS) is 13.7. The Balaban J connectivity index is 1.87. The first-order valence-electron chi connectivity index (χ1n) is 10.2. The summed E-state index contributed by atoms with van der Waals surface area (Å²) in [4.78, 5) is 28.3. The van der Waals surface area contributed by atoms with Crippen LogP contribution in [0, 0.1) is 20.8 Å². The fourth-order valence-corrected chi connectivity index (χ4v) is 3.85. The van der Waals surface area contributed by atoms with Crippen LogP contribution in [0.5, 0.6) is 5.75 Å². The molecule has 0 saturated carbocycles. The van der Waals surface area contributed by atoms with Crippen molar-refractivity contribution in [3.8, 4) is 5.75 Å². The molecular weight excluding hydrogens is 424 g/mol. The van der Waals surface area contributed by atoms with Crippen LogP contribution in [0.15, 0.2) is 66.4 Å². The van der Waals surface area contributed by atoms with Gasteiger partial charge in [0.15, 0.2) is 0 Å². The highest BCUT2D eigenvalue weighted by Crippen LogP contribution is 2.36. The summed E-state index contributed by atoms with van der Waals surface area (Å²) in [6, 6.07) is 18.1. The second kappa shape index (κ2) is 8.52. The van der Waals surface area contributed by atoms with Gasteiger partial charge in [0.25, 0.3) is 11.8 Å². The molecule has 1 aliphatic heterocycles. The van der Waals surface area contributed by atoms with E-state index in [1.807, 2.05) is 45.0 Å². The lowest BCUT2D eigenvalue weighted by Crippen LogP contribution is -2.32. The number of methoxy groups -OCH3 is 1. The topological polar surface area (TPSA) is 58.6 Å². The Kier molecular flexibility index (Phi) is 5.76. The van der Waals surface area contributed by atoms with Crippen LogP contribution in [-0.4, -0.2) is 18.9 Å². The number of benzene rings is 3. The first-order valence-corrected chi connectivity index (χ1v) is 10.6. The molecule has 0 radical (unpaired) electrons. The van der Waals surface area contributed by atoms with Gasteiger partial charge in [-0.25, -0.2) is 4.90 Å². The molecule has 3 aromatic rings. The van der Waals surface area contributed by atoms with Gasteiger partial charge in [0.2, 0.25) is 0 Å². The number of ether oxygens (including phenoxy) is 1. The molecule has 32 heavy (non-hydrogen) atoms. The Morgan fingerprint density at radius 3 is 2.34 bits per heavy atom. The van der Waals surface area contributed by atoms with E-state index in [0.717, 1.165) is 16.7 Å². The van der Waals surface area contributed by atoms with Crippen molar-refractivity contribution >= 4 is 40.4 Å². The summed E-state index contributed by atoms with van der Waals surface area (Å²) >= 11 is 6.28. The summed E-state index contributed by atoms with van der Waals surface area (Å²) in [5, 5.41) is 3.77. The molecule has 0 unspecified atom stereocenters. The van der Waals surface area contributed by atoms with Gasteiger partial charge < -0.3 is 10.1 Å². The molecular formula is C26H23ClN2O3. The average Bonchev–Trinajstić information content (AvgIpc) is 3.02. The summed E-state index contributed by atoms with van der Waals surface area (Å²) in [7, 11) is 1.54. The Bertz CT molecular complexity index is 1280. The van der Waals surface area contributed by atoms with Crippen molar-refractivity contribution in [3.05, 3.63) is 93.6 Å². The van der Waals surface area contributed by atoms with Crippen LogP contribution in [0.25, 0.3) is 5.57 Å². The van der Waals surface area contributed by atoms with E-state index >= 15 is 0 Å². The quantitative estimate of drug-likeness (QED) is 0.513. The van der Waals surface area contributed by atoms with Gasteiger partial charge in [-0.15, -0.1) is 0 Å². The molecule has 0 spiro atoms. The Labute approximate surface area is 192 Å². The second-order valence-electron chi connectivity index (χ2n) is 7.73. The van der Waals surface area contributed by atoms with Crippen molar-refractivity contribution in [1.82, 2.24) is 0 Å². The molecule has 1 aliphatic rings. The molecule has 0 bridgehead atoms. The number of amides is 2. The van der Waals surface area contributed by atoms with Crippen molar-refractivity contribution in [2.24, 2.45) is 0 Å². The molecule has 3 aromatic carbocycles. The van der Waals surface area contributed by atoms with Crippen LogP contribution in [0.2, 0.25) is 5.02 Å². The number of anilines is 2. The van der Waals surface area contributed by atoms with Crippen molar-refractivity contribution in [2.75, 3.05) is 17.3 Å². The molecule has 1 heterocycles. The van der Waals surface area contributed by atoms with Crippen LogP contribution < -0.4 is 15.0 Å². The number of nitrogens with zero attached hydrogens (tertiary/aromatic N) is 1. The number of carbonyl (C=O) groups excluding carboxylic acids is 2. The fraction of sp³-hybridized carbons (Fsp3) is 0.154. The number of hydrogen-bond acceptors (Lipinski definition) is 4. The van der Waals surface area contributed by atoms with Crippen molar-refractivity contribution in [3.63, 3.8) is 0 Å². The molecule has 1 N–H and O–H groups in total. The summed E-state index contributed by atoms with van der Waals surface area (Å²) in [5.41, 5.74) is 5.26. The standard InChI is InChI=1S/C26H23ClN2O3/c1-15-11-12-18(13-16(15)2)23-24(28-22-10-6-9-21(27)17(22)3)26(31)29(25(23)30)19-7-5-8-20(14-19)32-4/h5-14,28H,1-4H3. The number of aryl methyl sites for hydroxylation is 2. The van der Waals surface area contributed by atoms with Gasteiger partial charge in [-0.05, 0) is 67.3 Å². The molecule has 6 heteroatoms. The first kappa shape index (κ1) is 21.7. The minimum Gasteiger partial charge on any atom is -0.497 e. The van der Waals surface area contributed by atoms with Gasteiger partial charge in [0, 0.05) is 16.8 Å². The van der Waals surface area contributed by atoms with E-state index in [1.165, 1.54) is 4.90 Å². The van der Waals surface area contributed by atoms with Gasteiger partial charge in [0.1, 0.15) is 11.4 Å². The molecule has 0 atom stereocenters. The van der Waals surface area contributed by atoms with E-state index < -0.39 is 11.8 Å². The van der Waals surface area contributed by atoms with Crippen LogP contribution >= 0.6 is 11.6 Å². The maximum absolute atomic E-state index is 13.6. The van der Waals surface area contributed by atoms with E-state index in [9.17, 15) is 9.59 Å². The highest BCUT2D eigenvalue weighted by atomic mass is 35.5. The number of imide groups is 1. The van der Waals surface area contributed by atoms with E-state index in [-0.39, 0.29) is 5.70 Å². The highest BCUT2D eigenvalue weighted by Gasteiger charge is 2.40. The van der Waals surface area contributed by atoms with E-state index in [4.69, 9.17) is 16.3 Å². The molecule has 5 nitrogen and oxygen atoms in total. The molecule has 0 aliphatic carbocycles. The number of carbonyl (C=O) groups is 2. The number of hydrogen-bond donors (Lipinski definition) is 1. The third-order valence-corrected chi connectivity index (χ3v) is 6.13. The molecule has 0 fully saturated rings. The lowest BCUT2D eigenvalue weighted by molar-refractivity contribution is -0.120. The zero-order chi connectivity index (χ0) is 23.0. The summed E-state index contributed by atoms with van der Waals surface area (Å²) in [5.74, 6) is -0.271. The maximum atomic E-state index is 13.6. The Morgan fingerprint density at radius 2 is 1.62 bits per heavy atom.